The normalized spacial score (nSPS) is 14.4. The number of nitrogens with one attached hydrogen (secondary N) is 2. The van der Waals surface area contributed by atoms with E-state index in [0.717, 1.165) is 57.2 Å². The number of pyridine rings is 1. The van der Waals surface area contributed by atoms with Crippen LogP contribution in [0.2, 0.25) is 0 Å². The second-order valence-electron chi connectivity index (χ2n) is 8.00. The molecule has 0 saturated carbocycles. The number of aromatic amines is 1. The van der Waals surface area contributed by atoms with Gasteiger partial charge >= 0.3 is 0 Å². The molecule has 1 aliphatic heterocycles. The van der Waals surface area contributed by atoms with Crippen LogP contribution >= 0.6 is 84.9 Å². The molecule has 1 saturated heterocycles. The van der Waals surface area contributed by atoms with Crippen molar-refractivity contribution in [3.8, 4) is 0 Å². The number of aromatic nitrogens is 3. The van der Waals surface area contributed by atoms with E-state index in [1.54, 1.807) is 23.5 Å². The van der Waals surface area contributed by atoms with Gasteiger partial charge in [0.15, 0.2) is 11.4 Å². The summed E-state index contributed by atoms with van der Waals surface area (Å²) in [4.78, 5) is 30.5. The third-order valence-electron chi connectivity index (χ3n) is 5.74. The van der Waals surface area contributed by atoms with Crippen molar-refractivity contribution in [1.29, 1.82) is 0 Å². The first-order valence-electron chi connectivity index (χ1n) is 11.1. The Balaban J connectivity index is 0.00000342. The van der Waals surface area contributed by atoms with Crippen LogP contribution in [-0.4, -0.2) is 93.0 Å². The van der Waals surface area contributed by atoms with Gasteiger partial charge < -0.3 is 15.4 Å². The molecule has 1 atom stereocenters. The van der Waals surface area contributed by atoms with Crippen molar-refractivity contribution in [1.82, 2.24) is 24.8 Å². The number of nitrogens with zero attached hydrogens (tertiary/aromatic N) is 4. The van der Waals surface area contributed by atoms with Crippen molar-refractivity contribution in [2.24, 2.45) is 0 Å². The number of thioether (sulfide) groups is 3. The quantitative estimate of drug-likeness (QED) is 0.271. The van der Waals surface area contributed by atoms with Gasteiger partial charge in [-0.25, -0.2) is 9.97 Å². The lowest BCUT2D eigenvalue weighted by Crippen LogP contribution is -2.54. The van der Waals surface area contributed by atoms with E-state index in [1.165, 1.54) is 11.8 Å². The summed E-state index contributed by atoms with van der Waals surface area (Å²) in [6, 6.07) is 9.99. The van der Waals surface area contributed by atoms with Crippen molar-refractivity contribution in [2.75, 3.05) is 56.3 Å². The molecule has 1 amide bonds. The summed E-state index contributed by atoms with van der Waals surface area (Å²) < 4.78 is 0. The molecule has 1 aromatic carbocycles. The first-order valence-corrected chi connectivity index (χ1v) is 14.5. The molecule has 15 heteroatoms. The van der Waals surface area contributed by atoms with E-state index in [-0.39, 0.29) is 49.6 Å². The van der Waals surface area contributed by atoms with Crippen molar-refractivity contribution >= 4 is 108 Å². The summed E-state index contributed by atoms with van der Waals surface area (Å²) in [5.41, 5.74) is 3.63. The number of aryl methyl sites for hydroxylation is 1. The Morgan fingerprint density at radius 1 is 1.08 bits per heavy atom. The van der Waals surface area contributed by atoms with Gasteiger partial charge in [0.2, 0.25) is 0 Å². The molecule has 1 fully saturated rings. The summed E-state index contributed by atoms with van der Waals surface area (Å²) in [5.74, 6) is 0.517. The second kappa shape index (κ2) is 18.0. The van der Waals surface area contributed by atoms with Crippen LogP contribution in [0.3, 0.4) is 0 Å². The van der Waals surface area contributed by atoms with Gasteiger partial charge in [0, 0.05) is 49.1 Å². The van der Waals surface area contributed by atoms with Gasteiger partial charge in [-0.05, 0) is 37.6 Å². The van der Waals surface area contributed by atoms with Gasteiger partial charge in [0.05, 0.1) is 16.7 Å². The number of imidazole rings is 1. The predicted molar refractivity (Wildman–Crippen MR) is 171 cm³/mol. The SMILES string of the molecule is CSc1cc(C)nc(SC)c1NC(=O)C(O)N1CCN(CCSc2nc3ccccc3[nH]2)CC1.Cl.Cl.Cl.Cl. The molecule has 3 aromatic rings. The van der Waals surface area contributed by atoms with Gasteiger partial charge in [-0.15, -0.1) is 73.2 Å². The average Bonchev–Trinajstić information content (AvgIpc) is 3.27. The van der Waals surface area contributed by atoms with Crippen LogP contribution in [0.15, 0.2) is 45.4 Å². The second-order valence-corrected chi connectivity index (χ2v) is 10.7. The summed E-state index contributed by atoms with van der Waals surface area (Å²) >= 11 is 4.76. The number of rotatable bonds is 9. The van der Waals surface area contributed by atoms with Gasteiger partial charge in [-0.3, -0.25) is 14.6 Å². The average molecular weight is 665 g/mol. The maximum Gasteiger partial charge on any atom is 0.268 e. The van der Waals surface area contributed by atoms with Crippen molar-refractivity contribution < 1.29 is 9.90 Å². The topological polar surface area (TPSA) is 97.4 Å². The summed E-state index contributed by atoms with van der Waals surface area (Å²) in [7, 11) is 0. The monoisotopic (exact) mass is 662 g/mol. The Morgan fingerprint density at radius 3 is 2.39 bits per heavy atom. The highest BCUT2D eigenvalue weighted by atomic mass is 35.5. The summed E-state index contributed by atoms with van der Waals surface area (Å²) in [5, 5.41) is 15.3. The van der Waals surface area contributed by atoms with Crippen LogP contribution < -0.4 is 5.32 Å². The lowest BCUT2D eigenvalue weighted by atomic mass is 10.3. The number of hydrogen-bond acceptors (Lipinski definition) is 9. The van der Waals surface area contributed by atoms with Crippen molar-refractivity contribution in [3.63, 3.8) is 0 Å². The van der Waals surface area contributed by atoms with E-state index in [2.05, 4.69) is 25.2 Å². The van der Waals surface area contributed by atoms with Crippen LogP contribution in [0.4, 0.5) is 5.69 Å². The van der Waals surface area contributed by atoms with Gasteiger partial charge in [-0.1, -0.05) is 23.9 Å². The molecule has 3 N–H and O–H groups in total. The smallest absolute Gasteiger partial charge is 0.268 e. The molecule has 0 bridgehead atoms. The Bertz CT molecular complexity index is 1090. The molecule has 2 aromatic heterocycles. The highest BCUT2D eigenvalue weighted by Gasteiger charge is 2.28. The fourth-order valence-electron chi connectivity index (χ4n) is 3.89. The number of hydrogen-bond donors (Lipinski definition) is 3. The molecule has 8 nitrogen and oxygen atoms in total. The van der Waals surface area contributed by atoms with Gasteiger partial charge in [-0.2, -0.15) is 0 Å². The minimum atomic E-state index is -1.18. The van der Waals surface area contributed by atoms with E-state index in [0.29, 0.717) is 18.8 Å². The highest BCUT2D eigenvalue weighted by molar-refractivity contribution is 7.99. The molecule has 1 aliphatic rings. The van der Waals surface area contributed by atoms with Crippen LogP contribution in [0.25, 0.3) is 11.0 Å². The number of aliphatic hydroxyl groups is 1. The molecule has 4 rings (SSSR count). The van der Waals surface area contributed by atoms with E-state index in [9.17, 15) is 9.90 Å². The Morgan fingerprint density at radius 2 is 1.76 bits per heavy atom. The Hall–Kier alpha value is -0.600. The summed E-state index contributed by atoms with van der Waals surface area (Å²) in [6.07, 6.45) is 2.72. The molecule has 0 spiro atoms. The number of carbonyl (C=O) groups excluding carboxylic acids is 1. The van der Waals surface area contributed by atoms with E-state index < -0.39 is 12.1 Å². The Labute approximate surface area is 261 Å². The Kier molecular flexibility index (Phi) is 17.7. The molecular weight excluding hydrogens is 630 g/mol. The number of benzene rings is 1. The number of anilines is 1. The maximum absolute atomic E-state index is 12.8. The van der Waals surface area contributed by atoms with E-state index in [4.69, 9.17) is 0 Å². The molecule has 1 unspecified atom stereocenters. The third kappa shape index (κ3) is 9.50. The highest BCUT2D eigenvalue weighted by Crippen LogP contribution is 2.33. The minimum Gasteiger partial charge on any atom is -0.370 e. The largest absolute Gasteiger partial charge is 0.370 e. The molecule has 214 valence electrons. The standard InChI is InChI=1S/C23H30N6O2S3.4ClH/c1-15-14-18(32-2)19(21(24-15)33-3)27-20(30)22(31)29-10-8-28(9-11-29)12-13-34-23-25-16-6-4-5-7-17(16)26-23;;;;/h4-7,14,22,31H,8-13H2,1-3H3,(H,25,26)(H,27,30);4*1H. The van der Waals surface area contributed by atoms with Crippen LogP contribution in [0.5, 0.6) is 0 Å². The zero-order valence-corrected chi connectivity index (χ0v) is 26.9. The number of halogens is 4. The minimum absolute atomic E-state index is 0. The van der Waals surface area contributed by atoms with Crippen molar-refractivity contribution in [2.45, 2.75) is 28.2 Å². The number of para-hydroxylation sites is 2. The zero-order valence-electron chi connectivity index (χ0n) is 21.2. The molecule has 3 heterocycles. The predicted octanol–water partition coefficient (Wildman–Crippen LogP) is 5.06. The van der Waals surface area contributed by atoms with Crippen molar-refractivity contribution in [3.05, 3.63) is 36.0 Å². The number of fused-ring (bicyclic) bond motifs is 1. The first-order chi connectivity index (χ1) is 16.5. The lowest BCUT2D eigenvalue weighted by Gasteiger charge is -2.36. The molecule has 0 aliphatic carbocycles. The molecule has 38 heavy (non-hydrogen) atoms. The number of piperazine rings is 1. The van der Waals surface area contributed by atoms with Crippen LogP contribution in [0.1, 0.15) is 5.69 Å². The lowest BCUT2D eigenvalue weighted by molar-refractivity contribution is -0.135. The van der Waals surface area contributed by atoms with Gasteiger partial charge in [0.25, 0.3) is 5.91 Å². The number of H-pyrrole nitrogens is 1. The molecule has 0 radical (unpaired) electrons. The van der Waals surface area contributed by atoms with Crippen LogP contribution in [0, 0.1) is 6.92 Å². The third-order valence-corrected chi connectivity index (χ3v) is 8.04. The van der Waals surface area contributed by atoms with E-state index in [1.807, 2.05) is 54.7 Å². The number of aliphatic hydroxyl groups excluding tert-OH is 1. The molecular formula is C23H34Cl4N6O2S3. The van der Waals surface area contributed by atoms with E-state index >= 15 is 0 Å². The van der Waals surface area contributed by atoms with Gasteiger partial charge in [0.1, 0.15) is 5.03 Å². The zero-order chi connectivity index (χ0) is 24.1. The number of carbonyl (C=O) groups is 1. The number of amides is 1. The fraction of sp³-hybridized carbons (Fsp3) is 0.435. The first kappa shape index (κ1) is 37.4. The summed E-state index contributed by atoms with van der Waals surface area (Å²) in [6.45, 7) is 5.77. The maximum atomic E-state index is 12.8. The van der Waals surface area contributed by atoms with Crippen LogP contribution in [-0.2, 0) is 4.79 Å². The fourth-order valence-corrected chi connectivity index (χ4v) is 6.09.